The summed E-state index contributed by atoms with van der Waals surface area (Å²) in [5.41, 5.74) is 5.77. The Morgan fingerprint density at radius 3 is 2.43 bits per heavy atom. The van der Waals surface area contributed by atoms with Crippen molar-refractivity contribution in [2.45, 2.75) is 38.6 Å². The number of hydrogen-bond donors (Lipinski definition) is 2. The van der Waals surface area contributed by atoms with Crippen LogP contribution in [0.5, 0.6) is 0 Å². The molecular weight excluding hydrogens is 180 g/mol. The second-order valence-electron chi connectivity index (χ2n) is 3.59. The lowest BCUT2D eigenvalue weighted by Crippen LogP contribution is -2.49. The first kappa shape index (κ1) is 13.4. The van der Waals surface area contributed by atoms with E-state index in [1.54, 1.807) is 7.11 Å². The highest BCUT2D eigenvalue weighted by molar-refractivity contribution is 5.76. The second kappa shape index (κ2) is 6.79. The summed E-state index contributed by atoms with van der Waals surface area (Å²) < 4.78 is 4.81. The number of methoxy groups -OCH3 is 1. The average Bonchev–Trinajstić information content (AvgIpc) is 2.23. The van der Waals surface area contributed by atoms with Crippen molar-refractivity contribution in [3.8, 4) is 0 Å². The molecule has 0 saturated heterocycles. The summed E-state index contributed by atoms with van der Waals surface area (Å²) in [5, 5.41) is 2.82. The molecule has 0 bridgehead atoms. The molecule has 0 fully saturated rings. The Labute approximate surface area is 86.2 Å². The lowest BCUT2D eigenvalue weighted by atomic mass is 9.94. The van der Waals surface area contributed by atoms with Crippen molar-refractivity contribution in [1.82, 2.24) is 5.32 Å². The maximum absolute atomic E-state index is 11.2. The van der Waals surface area contributed by atoms with Crippen LogP contribution in [0.2, 0.25) is 0 Å². The second-order valence-corrected chi connectivity index (χ2v) is 3.59. The maximum atomic E-state index is 11.2. The van der Waals surface area contributed by atoms with Gasteiger partial charge >= 0.3 is 0 Å². The zero-order valence-corrected chi connectivity index (χ0v) is 9.43. The highest BCUT2D eigenvalue weighted by Gasteiger charge is 2.20. The smallest absolute Gasteiger partial charge is 0.222 e. The first-order valence-corrected chi connectivity index (χ1v) is 5.12. The van der Waals surface area contributed by atoms with Crippen LogP contribution in [0.1, 0.15) is 33.1 Å². The lowest BCUT2D eigenvalue weighted by Gasteiger charge is -2.26. The van der Waals surface area contributed by atoms with E-state index in [1.165, 1.54) is 0 Å². The Hall–Kier alpha value is -0.610. The van der Waals surface area contributed by atoms with Gasteiger partial charge in [0.1, 0.15) is 0 Å². The molecule has 3 N–H and O–H groups in total. The number of nitrogens with two attached hydrogens (primary N) is 1. The minimum absolute atomic E-state index is 0.00331. The van der Waals surface area contributed by atoms with E-state index in [2.05, 4.69) is 5.32 Å². The predicted octanol–water partition coefficient (Wildman–Crippen LogP) is 0.657. The molecule has 0 aliphatic rings. The van der Waals surface area contributed by atoms with Gasteiger partial charge in [0.2, 0.25) is 5.91 Å². The zero-order chi connectivity index (χ0) is 11.0. The number of carbonyl (C=O) groups is 1. The summed E-state index contributed by atoms with van der Waals surface area (Å²) in [5.74, 6) is 0.00331. The molecule has 0 spiro atoms. The van der Waals surface area contributed by atoms with Gasteiger partial charge < -0.3 is 15.8 Å². The Kier molecular flexibility index (Phi) is 6.49. The van der Waals surface area contributed by atoms with Crippen LogP contribution in [0.25, 0.3) is 0 Å². The first-order valence-electron chi connectivity index (χ1n) is 5.12. The summed E-state index contributed by atoms with van der Waals surface area (Å²) in [6.07, 6.45) is 2.14. The van der Waals surface area contributed by atoms with Gasteiger partial charge in [-0.25, -0.2) is 0 Å². The van der Waals surface area contributed by atoms with Crippen molar-refractivity contribution >= 4 is 5.91 Å². The van der Waals surface area contributed by atoms with Gasteiger partial charge in [0.25, 0.3) is 0 Å². The normalized spacial score (nSPS) is 11.4. The fourth-order valence-electron chi connectivity index (χ4n) is 1.06. The van der Waals surface area contributed by atoms with E-state index in [9.17, 15) is 4.79 Å². The van der Waals surface area contributed by atoms with Crippen molar-refractivity contribution in [3.63, 3.8) is 0 Å². The van der Waals surface area contributed by atoms with Crippen LogP contribution in [0, 0.1) is 0 Å². The van der Waals surface area contributed by atoms with E-state index < -0.39 is 0 Å². The van der Waals surface area contributed by atoms with Crippen molar-refractivity contribution < 1.29 is 9.53 Å². The van der Waals surface area contributed by atoms with Gasteiger partial charge in [-0.15, -0.1) is 0 Å². The molecule has 0 radical (unpaired) electrons. The van der Waals surface area contributed by atoms with Crippen LogP contribution in [-0.2, 0) is 9.53 Å². The number of amides is 1. The van der Waals surface area contributed by atoms with Gasteiger partial charge in [-0.1, -0.05) is 13.8 Å². The molecule has 0 atom stereocenters. The van der Waals surface area contributed by atoms with Crippen LogP contribution in [0.3, 0.4) is 0 Å². The van der Waals surface area contributed by atoms with E-state index in [0.717, 1.165) is 12.8 Å². The van der Waals surface area contributed by atoms with E-state index in [4.69, 9.17) is 10.5 Å². The molecule has 0 aromatic carbocycles. The van der Waals surface area contributed by atoms with E-state index in [1.807, 2.05) is 13.8 Å². The molecule has 1 amide bonds. The molecule has 0 rings (SSSR count). The molecule has 0 aliphatic heterocycles. The van der Waals surface area contributed by atoms with Crippen LogP contribution in [0.15, 0.2) is 0 Å². The molecule has 4 nitrogen and oxygen atoms in total. The summed E-state index contributed by atoms with van der Waals surface area (Å²) in [7, 11) is 1.58. The molecule has 84 valence electrons. The Bertz CT molecular complexity index is 168. The maximum Gasteiger partial charge on any atom is 0.222 e. The topological polar surface area (TPSA) is 64.3 Å². The first-order chi connectivity index (χ1) is 6.58. The fraction of sp³-hybridized carbons (Fsp3) is 0.900. The lowest BCUT2D eigenvalue weighted by molar-refractivity contribution is -0.122. The third-order valence-corrected chi connectivity index (χ3v) is 2.58. The quantitative estimate of drug-likeness (QED) is 0.637. The highest BCUT2D eigenvalue weighted by Crippen LogP contribution is 2.09. The number of hydrogen-bond acceptors (Lipinski definition) is 3. The van der Waals surface area contributed by atoms with E-state index >= 15 is 0 Å². The number of ether oxygens (including phenoxy) is 1. The summed E-state index contributed by atoms with van der Waals surface area (Å²) >= 11 is 0. The van der Waals surface area contributed by atoms with Crippen molar-refractivity contribution in [2.75, 3.05) is 20.3 Å². The summed E-state index contributed by atoms with van der Waals surface area (Å²) in [6.45, 7) is 5.07. The molecule has 0 unspecified atom stereocenters. The highest BCUT2D eigenvalue weighted by atomic mass is 16.5. The third-order valence-electron chi connectivity index (χ3n) is 2.58. The molecule has 0 saturated carbocycles. The van der Waals surface area contributed by atoms with Crippen LogP contribution in [0.4, 0.5) is 0 Å². The molecule has 0 heterocycles. The van der Waals surface area contributed by atoms with Crippen LogP contribution in [-0.4, -0.2) is 31.7 Å². The monoisotopic (exact) mass is 202 g/mol. The van der Waals surface area contributed by atoms with Gasteiger partial charge in [-0.3, -0.25) is 4.79 Å². The molecule has 0 aromatic rings. The third kappa shape index (κ3) is 5.19. The molecular formula is C10H22N2O2. The molecule has 14 heavy (non-hydrogen) atoms. The van der Waals surface area contributed by atoms with Gasteiger partial charge in [-0.05, 0) is 12.8 Å². The van der Waals surface area contributed by atoms with Gasteiger partial charge in [0, 0.05) is 25.6 Å². The Morgan fingerprint density at radius 1 is 1.43 bits per heavy atom. The number of nitrogens with one attached hydrogen (secondary N) is 1. The number of rotatable bonds is 7. The van der Waals surface area contributed by atoms with E-state index in [-0.39, 0.29) is 11.4 Å². The predicted molar refractivity (Wildman–Crippen MR) is 57.0 cm³/mol. The average molecular weight is 202 g/mol. The minimum Gasteiger partial charge on any atom is -0.384 e. The van der Waals surface area contributed by atoms with Crippen LogP contribution < -0.4 is 11.1 Å². The Morgan fingerprint density at radius 2 is 2.00 bits per heavy atom. The Balaban J connectivity index is 3.74. The SMILES string of the molecule is CCC(N)(CC)CNC(=O)CCOC. The molecule has 4 heteroatoms. The van der Waals surface area contributed by atoms with Gasteiger partial charge in [0.15, 0.2) is 0 Å². The summed E-state index contributed by atoms with van der Waals surface area (Å²) in [6, 6.07) is 0. The zero-order valence-electron chi connectivity index (χ0n) is 9.43. The van der Waals surface area contributed by atoms with E-state index in [0.29, 0.717) is 19.6 Å². The summed E-state index contributed by atoms with van der Waals surface area (Å²) in [4.78, 5) is 11.2. The van der Waals surface area contributed by atoms with Crippen molar-refractivity contribution in [2.24, 2.45) is 5.73 Å². The molecule has 0 aliphatic carbocycles. The van der Waals surface area contributed by atoms with Crippen molar-refractivity contribution in [1.29, 1.82) is 0 Å². The van der Waals surface area contributed by atoms with Gasteiger partial charge in [0.05, 0.1) is 6.61 Å². The van der Waals surface area contributed by atoms with Crippen LogP contribution >= 0.6 is 0 Å². The standard InChI is InChI=1S/C10H22N2O2/c1-4-10(11,5-2)8-12-9(13)6-7-14-3/h4-8,11H2,1-3H3,(H,12,13). The minimum atomic E-state index is -0.261. The number of carbonyl (C=O) groups excluding carboxylic acids is 1. The van der Waals surface area contributed by atoms with Gasteiger partial charge in [-0.2, -0.15) is 0 Å². The largest absolute Gasteiger partial charge is 0.384 e. The molecule has 0 aromatic heterocycles. The fourth-order valence-corrected chi connectivity index (χ4v) is 1.06. The van der Waals surface area contributed by atoms with Crippen molar-refractivity contribution in [3.05, 3.63) is 0 Å².